The van der Waals surface area contributed by atoms with E-state index in [4.69, 9.17) is 10.00 Å². The molecule has 0 heterocycles. The molecule has 4 heteroatoms. The van der Waals surface area contributed by atoms with Crippen LogP contribution in [-0.2, 0) is 11.2 Å². The zero-order valence-electron chi connectivity index (χ0n) is 12.5. The van der Waals surface area contributed by atoms with Crippen molar-refractivity contribution in [3.63, 3.8) is 0 Å². The average Bonchev–Trinajstić information content (AvgIpc) is 2.51. The Morgan fingerprint density at radius 2 is 1.82 bits per heavy atom. The Hall–Kier alpha value is -2.80. The summed E-state index contributed by atoms with van der Waals surface area (Å²) < 4.78 is 5.52. The summed E-state index contributed by atoms with van der Waals surface area (Å²) in [6.07, 6.45) is 0.659. The lowest BCUT2D eigenvalue weighted by atomic mass is 10.1. The van der Waals surface area contributed by atoms with Gasteiger partial charge in [-0.1, -0.05) is 29.8 Å². The summed E-state index contributed by atoms with van der Waals surface area (Å²) in [5.41, 5.74) is 2.83. The van der Waals surface area contributed by atoms with E-state index in [0.717, 1.165) is 17.0 Å². The Morgan fingerprint density at radius 1 is 1.14 bits per heavy atom. The van der Waals surface area contributed by atoms with Crippen molar-refractivity contribution in [2.75, 3.05) is 11.9 Å². The first-order chi connectivity index (χ1) is 10.7. The zero-order valence-corrected chi connectivity index (χ0v) is 12.5. The van der Waals surface area contributed by atoms with Gasteiger partial charge in [-0.25, -0.2) is 0 Å². The van der Waals surface area contributed by atoms with Crippen molar-refractivity contribution < 1.29 is 9.53 Å². The van der Waals surface area contributed by atoms with E-state index in [1.165, 1.54) is 5.56 Å². The van der Waals surface area contributed by atoms with Crippen molar-refractivity contribution >= 4 is 11.6 Å². The highest BCUT2D eigenvalue weighted by Gasteiger charge is 2.03. The zero-order chi connectivity index (χ0) is 15.8. The number of benzene rings is 2. The number of hydrogen-bond donors (Lipinski definition) is 1. The number of amides is 1. The molecule has 0 aliphatic heterocycles. The highest BCUT2D eigenvalue weighted by atomic mass is 16.5. The van der Waals surface area contributed by atoms with Gasteiger partial charge < -0.3 is 10.1 Å². The van der Waals surface area contributed by atoms with Gasteiger partial charge in [-0.05, 0) is 36.8 Å². The number of nitrogens with zero attached hydrogens (tertiary/aromatic N) is 1. The molecule has 0 unspecified atom stereocenters. The molecule has 22 heavy (non-hydrogen) atoms. The molecule has 0 radical (unpaired) electrons. The minimum Gasteiger partial charge on any atom is -0.493 e. The molecular formula is C18H18N2O2. The molecule has 0 atom stereocenters. The van der Waals surface area contributed by atoms with Crippen LogP contribution in [0.25, 0.3) is 0 Å². The molecule has 0 aliphatic rings. The van der Waals surface area contributed by atoms with Crippen molar-refractivity contribution in [1.29, 1.82) is 5.26 Å². The second kappa shape index (κ2) is 7.84. The first-order valence-electron chi connectivity index (χ1n) is 7.12. The first kappa shape index (κ1) is 15.6. The van der Waals surface area contributed by atoms with Crippen LogP contribution >= 0.6 is 0 Å². The summed E-state index contributed by atoms with van der Waals surface area (Å²) in [4.78, 5) is 11.8. The van der Waals surface area contributed by atoms with E-state index in [-0.39, 0.29) is 12.3 Å². The lowest BCUT2D eigenvalue weighted by molar-refractivity contribution is -0.116. The molecule has 112 valence electrons. The molecule has 0 saturated carbocycles. The molecule has 0 saturated heterocycles. The molecule has 0 fully saturated rings. The maximum Gasteiger partial charge on any atom is 0.227 e. The number of aryl methyl sites for hydroxylation is 1. The van der Waals surface area contributed by atoms with Gasteiger partial charge in [0.25, 0.3) is 0 Å². The van der Waals surface area contributed by atoms with Crippen LogP contribution in [0.3, 0.4) is 0 Å². The van der Waals surface area contributed by atoms with Crippen LogP contribution in [0.15, 0.2) is 48.5 Å². The Bertz CT molecular complexity index is 655. The summed E-state index contributed by atoms with van der Waals surface area (Å²) in [7, 11) is 0. The van der Waals surface area contributed by atoms with Crippen LogP contribution in [0, 0.1) is 18.3 Å². The standard InChI is InChI=1S/C18H18N2O2/c1-14-2-8-17(9-3-14)22-13-11-18(21)20-16-6-4-15(5-7-16)10-12-19/h2-9H,10-11,13H2,1H3,(H,20,21). The van der Waals surface area contributed by atoms with Crippen LogP contribution in [0.1, 0.15) is 17.5 Å². The van der Waals surface area contributed by atoms with Crippen molar-refractivity contribution in [3.05, 3.63) is 59.7 Å². The Kier molecular flexibility index (Phi) is 5.56. The number of anilines is 1. The average molecular weight is 294 g/mol. The van der Waals surface area contributed by atoms with Gasteiger partial charge in [0.15, 0.2) is 0 Å². The quantitative estimate of drug-likeness (QED) is 0.887. The summed E-state index contributed by atoms with van der Waals surface area (Å²) in [5, 5.41) is 11.4. The number of ether oxygens (including phenoxy) is 1. The van der Waals surface area contributed by atoms with Gasteiger partial charge in [-0.2, -0.15) is 5.26 Å². The highest BCUT2D eigenvalue weighted by Crippen LogP contribution is 2.12. The normalized spacial score (nSPS) is 9.82. The predicted molar refractivity (Wildman–Crippen MR) is 85.7 cm³/mol. The van der Waals surface area contributed by atoms with Crippen LogP contribution in [-0.4, -0.2) is 12.5 Å². The lowest BCUT2D eigenvalue weighted by Gasteiger charge is -2.08. The summed E-state index contributed by atoms with van der Waals surface area (Å²) in [5.74, 6) is 0.666. The molecular weight excluding hydrogens is 276 g/mol. The van der Waals surface area contributed by atoms with Gasteiger partial charge in [0, 0.05) is 5.69 Å². The minimum absolute atomic E-state index is 0.0971. The third-order valence-corrected chi connectivity index (χ3v) is 3.14. The molecule has 2 aromatic rings. The molecule has 0 spiro atoms. The maximum atomic E-state index is 11.8. The van der Waals surface area contributed by atoms with Crippen molar-refractivity contribution in [2.24, 2.45) is 0 Å². The third kappa shape index (κ3) is 4.95. The number of carbonyl (C=O) groups excluding carboxylic acids is 1. The number of nitriles is 1. The van der Waals surface area contributed by atoms with Gasteiger partial charge in [0.05, 0.1) is 25.5 Å². The largest absolute Gasteiger partial charge is 0.493 e. The summed E-state index contributed by atoms with van der Waals surface area (Å²) >= 11 is 0. The van der Waals surface area contributed by atoms with Gasteiger partial charge >= 0.3 is 0 Å². The van der Waals surface area contributed by atoms with E-state index in [0.29, 0.717) is 13.0 Å². The Labute approximate surface area is 130 Å². The number of rotatable bonds is 6. The van der Waals surface area contributed by atoms with Crippen LogP contribution in [0.2, 0.25) is 0 Å². The smallest absolute Gasteiger partial charge is 0.227 e. The number of nitrogens with one attached hydrogen (secondary N) is 1. The summed E-state index contributed by atoms with van der Waals surface area (Å²) in [6.45, 7) is 2.35. The second-order valence-corrected chi connectivity index (χ2v) is 4.99. The fourth-order valence-electron chi connectivity index (χ4n) is 1.92. The van der Waals surface area contributed by atoms with Crippen molar-refractivity contribution in [2.45, 2.75) is 19.8 Å². The highest BCUT2D eigenvalue weighted by molar-refractivity contribution is 5.90. The fourth-order valence-corrected chi connectivity index (χ4v) is 1.92. The van der Waals surface area contributed by atoms with Gasteiger partial charge in [-0.3, -0.25) is 4.79 Å². The third-order valence-electron chi connectivity index (χ3n) is 3.14. The van der Waals surface area contributed by atoms with Crippen molar-refractivity contribution in [3.8, 4) is 11.8 Å². The van der Waals surface area contributed by atoms with Gasteiger partial charge in [0.1, 0.15) is 5.75 Å². The van der Waals surface area contributed by atoms with Crippen LogP contribution in [0.5, 0.6) is 5.75 Å². The number of carbonyl (C=O) groups is 1. The van der Waals surface area contributed by atoms with Gasteiger partial charge in [-0.15, -0.1) is 0 Å². The topological polar surface area (TPSA) is 62.1 Å². The van der Waals surface area contributed by atoms with Crippen molar-refractivity contribution in [1.82, 2.24) is 0 Å². The fraction of sp³-hybridized carbons (Fsp3) is 0.222. The first-order valence-corrected chi connectivity index (χ1v) is 7.12. The van der Waals surface area contributed by atoms with Gasteiger partial charge in [0.2, 0.25) is 5.91 Å². The lowest BCUT2D eigenvalue weighted by Crippen LogP contribution is -2.15. The molecule has 4 nitrogen and oxygen atoms in total. The molecule has 2 rings (SSSR count). The molecule has 0 aromatic heterocycles. The predicted octanol–water partition coefficient (Wildman–Crippen LogP) is 3.47. The molecule has 0 bridgehead atoms. The monoisotopic (exact) mass is 294 g/mol. The van der Waals surface area contributed by atoms with E-state index >= 15 is 0 Å². The second-order valence-electron chi connectivity index (χ2n) is 4.99. The van der Waals surface area contributed by atoms with E-state index < -0.39 is 0 Å². The van der Waals surface area contributed by atoms with E-state index in [1.807, 2.05) is 43.3 Å². The Morgan fingerprint density at radius 3 is 2.45 bits per heavy atom. The van der Waals surface area contributed by atoms with E-state index in [9.17, 15) is 4.79 Å². The van der Waals surface area contributed by atoms with E-state index in [2.05, 4.69) is 11.4 Å². The van der Waals surface area contributed by atoms with Crippen LogP contribution in [0.4, 0.5) is 5.69 Å². The van der Waals surface area contributed by atoms with Crippen LogP contribution < -0.4 is 10.1 Å². The van der Waals surface area contributed by atoms with E-state index in [1.54, 1.807) is 12.1 Å². The molecule has 1 N–H and O–H groups in total. The Balaban J connectivity index is 1.75. The molecule has 0 aliphatic carbocycles. The molecule has 1 amide bonds. The minimum atomic E-state index is -0.0971. The SMILES string of the molecule is Cc1ccc(OCCC(=O)Nc2ccc(CC#N)cc2)cc1. The maximum absolute atomic E-state index is 11.8. The summed E-state index contributed by atoms with van der Waals surface area (Å²) in [6, 6.07) is 17.1. The molecule has 2 aromatic carbocycles. The number of hydrogen-bond acceptors (Lipinski definition) is 3.